The number of fused-ring (bicyclic) bond motifs is 2. The summed E-state index contributed by atoms with van der Waals surface area (Å²) in [5.41, 5.74) is -0.542. The molecule has 202 valence electrons. The average molecular weight is 528 g/mol. The summed E-state index contributed by atoms with van der Waals surface area (Å²) in [4.78, 5) is 32.8. The van der Waals surface area contributed by atoms with Gasteiger partial charge in [-0.25, -0.2) is 28.6 Å². The van der Waals surface area contributed by atoms with E-state index >= 15 is 8.78 Å². The zero-order chi connectivity index (χ0) is 27.2. The Bertz CT molecular complexity index is 1100. The third-order valence-electron chi connectivity index (χ3n) is 6.94. The maximum atomic E-state index is 15.4. The van der Waals surface area contributed by atoms with Crippen LogP contribution >= 0.6 is 10.0 Å². The van der Waals surface area contributed by atoms with Gasteiger partial charge in [0.1, 0.15) is 34.8 Å². The number of ether oxygens (including phenoxy) is 2. The van der Waals surface area contributed by atoms with E-state index < -0.39 is 45.3 Å². The van der Waals surface area contributed by atoms with Gasteiger partial charge < -0.3 is 19.3 Å². The van der Waals surface area contributed by atoms with E-state index in [-0.39, 0.29) is 52.2 Å². The largest absolute Gasteiger partial charge is 0.444 e. The second-order valence-electron chi connectivity index (χ2n) is 12.0. The fourth-order valence-corrected chi connectivity index (χ4v) is 4.79. The summed E-state index contributed by atoms with van der Waals surface area (Å²) in [6, 6.07) is -0.765. The number of imidazole rings is 1. The van der Waals surface area contributed by atoms with Gasteiger partial charge in [0.15, 0.2) is 11.6 Å². The molecular formula is C26H39F2N3O4S. The number of halogens is 2. The number of aromatic nitrogens is 2. The number of nitrogens with one attached hydrogen (secondary N) is 1. The molecule has 0 saturated carbocycles. The molecule has 0 radical (unpaired) electrons. The summed E-state index contributed by atoms with van der Waals surface area (Å²) in [5, 5.41) is 0. The number of aromatic amines is 1. The number of amides is 1. The van der Waals surface area contributed by atoms with Gasteiger partial charge >= 0.3 is 6.09 Å². The Morgan fingerprint density at radius 1 is 1.17 bits per heavy atom. The first-order valence-electron chi connectivity index (χ1n) is 12.0. The van der Waals surface area contributed by atoms with Gasteiger partial charge in [0.2, 0.25) is 0 Å². The smallest absolute Gasteiger partial charge is 0.410 e. The fourth-order valence-electron chi connectivity index (χ4n) is 3.92. The normalized spacial score (nSPS) is 16.2. The fraction of sp³-hybridized carbons (Fsp3) is 0.654. The van der Waals surface area contributed by atoms with E-state index in [1.54, 1.807) is 27.8 Å². The third kappa shape index (κ3) is 5.69. The highest BCUT2D eigenvalue weighted by atomic mass is 32.3. The van der Waals surface area contributed by atoms with Crippen LogP contribution in [0.4, 0.5) is 13.6 Å². The molecule has 1 aromatic heterocycles. The van der Waals surface area contributed by atoms with Crippen molar-refractivity contribution in [2.45, 2.75) is 70.8 Å². The summed E-state index contributed by atoms with van der Waals surface area (Å²) in [6.45, 7) is 11.8. The Morgan fingerprint density at radius 3 is 2.28 bits per heavy atom. The van der Waals surface area contributed by atoms with E-state index in [0.717, 1.165) is 6.29 Å². The van der Waals surface area contributed by atoms with Gasteiger partial charge in [-0.3, -0.25) is 4.90 Å². The Labute approximate surface area is 213 Å². The third-order valence-corrected chi connectivity index (χ3v) is 11.0. The number of rotatable bonds is 7. The van der Waals surface area contributed by atoms with Crippen LogP contribution in [0.25, 0.3) is 11.0 Å². The molecule has 1 aliphatic rings. The molecule has 1 aliphatic carbocycles. The molecule has 1 N–H and O–H groups in total. The van der Waals surface area contributed by atoms with Crippen LogP contribution in [0.15, 0.2) is 0 Å². The molecule has 0 saturated heterocycles. The van der Waals surface area contributed by atoms with Crippen molar-refractivity contribution >= 4 is 33.4 Å². The number of carbonyl (C=O) groups excluding carboxylic acids is 2. The van der Waals surface area contributed by atoms with Crippen molar-refractivity contribution in [2.75, 3.05) is 32.1 Å². The quantitative estimate of drug-likeness (QED) is 0.481. The predicted molar refractivity (Wildman–Crippen MR) is 140 cm³/mol. The molecule has 0 spiro atoms. The Hall–Kier alpha value is -2.20. The van der Waals surface area contributed by atoms with Crippen molar-refractivity contribution < 1.29 is 27.8 Å². The first-order chi connectivity index (χ1) is 16.5. The molecule has 0 fully saturated rings. The SMILES string of the molecule is CN(C(=O)OC(C)(C)C)[C@H](COCS(C)(C)C(C)(C)C)c1nc2c(F)c3c(c(F)c2[nH]1)CC(C=O)C3. The predicted octanol–water partition coefficient (Wildman–Crippen LogP) is 5.50. The standard InChI is InChI=1S/C26H39F2N3O4S/c1-25(2,3)35-24(33)31(7)18(13-34-14-36(8,9)26(4,5)6)23-29-21-19(27)16-10-15(12-32)11-17(16)20(28)22(21)30-23/h12,15,18H,10-11,13-14H2,1-9H3,(H,29,30)/t18-/m1/s1. The Kier molecular flexibility index (Phi) is 7.82. The minimum atomic E-state index is -1.14. The number of aldehydes is 1. The topological polar surface area (TPSA) is 84.5 Å². The van der Waals surface area contributed by atoms with Crippen LogP contribution in [0.1, 0.15) is 64.5 Å². The molecule has 1 heterocycles. The van der Waals surface area contributed by atoms with Gasteiger partial charge in [0, 0.05) is 13.0 Å². The lowest BCUT2D eigenvalue weighted by Crippen LogP contribution is -2.39. The van der Waals surface area contributed by atoms with Crippen molar-refractivity contribution in [3.8, 4) is 0 Å². The summed E-state index contributed by atoms with van der Waals surface area (Å²) < 4.78 is 42.4. The average Bonchev–Trinajstić information content (AvgIpc) is 3.38. The van der Waals surface area contributed by atoms with Crippen LogP contribution in [0.5, 0.6) is 0 Å². The van der Waals surface area contributed by atoms with E-state index in [2.05, 4.69) is 43.3 Å². The molecule has 0 bridgehead atoms. The number of carbonyl (C=O) groups is 2. The molecule has 1 unspecified atom stereocenters. The molecular weight excluding hydrogens is 488 g/mol. The summed E-state index contributed by atoms with van der Waals surface area (Å²) in [5.74, 6) is -0.994. The van der Waals surface area contributed by atoms with Gasteiger partial charge in [0.05, 0.1) is 12.5 Å². The summed E-state index contributed by atoms with van der Waals surface area (Å²) >= 11 is 0. The molecule has 7 nitrogen and oxygen atoms in total. The lowest BCUT2D eigenvalue weighted by molar-refractivity contribution is -0.110. The highest BCUT2D eigenvalue weighted by Gasteiger charge is 2.35. The molecule has 2 aromatic rings. The van der Waals surface area contributed by atoms with Crippen molar-refractivity contribution in [1.82, 2.24) is 14.9 Å². The minimum absolute atomic E-state index is 0.0467. The first kappa shape index (κ1) is 28.4. The number of benzene rings is 1. The van der Waals surface area contributed by atoms with E-state index in [1.807, 2.05) is 0 Å². The van der Waals surface area contributed by atoms with Gasteiger partial charge in [0.25, 0.3) is 0 Å². The first-order valence-corrected chi connectivity index (χ1v) is 14.7. The number of hydrogen-bond donors (Lipinski definition) is 1. The lowest BCUT2D eigenvalue weighted by atomic mass is 10.1. The number of H-pyrrole nitrogens is 1. The molecule has 3 rings (SSSR count). The molecule has 1 amide bonds. The summed E-state index contributed by atoms with van der Waals surface area (Å²) in [6.07, 6.45) is 4.79. The maximum absolute atomic E-state index is 15.4. The van der Waals surface area contributed by atoms with Crippen molar-refractivity contribution in [3.05, 3.63) is 28.6 Å². The van der Waals surface area contributed by atoms with E-state index in [4.69, 9.17) is 9.47 Å². The summed E-state index contributed by atoms with van der Waals surface area (Å²) in [7, 11) is 0.415. The number of likely N-dealkylation sites (N-methyl/N-ethyl adjacent to an activating group) is 1. The van der Waals surface area contributed by atoms with Gasteiger partial charge in [-0.2, -0.15) is 0 Å². The van der Waals surface area contributed by atoms with Crippen molar-refractivity contribution in [1.29, 1.82) is 0 Å². The maximum Gasteiger partial charge on any atom is 0.410 e. The number of nitrogens with zero attached hydrogens (tertiary/aromatic N) is 2. The van der Waals surface area contributed by atoms with E-state index in [0.29, 0.717) is 5.94 Å². The highest BCUT2D eigenvalue weighted by Crippen LogP contribution is 2.52. The van der Waals surface area contributed by atoms with E-state index in [9.17, 15) is 9.59 Å². The molecule has 36 heavy (non-hydrogen) atoms. The van der Waals surface area contributed by atoms with Crippen LogP contribution in [-0.4, -0.2) is 69.7 Å². The van der Waals surface area contributed by atoms with Crippen LogP contribution in [0.2, 0.25) is 0 Å². The van der Waals surface area contributed by atoms with Gasteiger partial charge in [-0.15, -0.1) is 0 Å². The highest BCUT2D eigenvalue weighted by molar-refractivity contribution is 8.33. The Morgan fingerprint density at radius 2 is 1.75 bits per heavy atom. The zero-order valence-electron chi connectivity index (χ0n) is 22.8. The van der Waals surface area contributed by atoms with Gasteiger partial charge in [-0.1, -0.05) is 20.8 Å². The second-order valence-corrected chi connectivity index (χ2v) is 16.5. The Balaban J connectivity index is 1.98. The molecule has 1 aromatic carbocycles. The van der Waals surface area contributed by atoms with Crippen LogP contribution in [0.3, 0.4) is 0 Å². The second kappa shape index (κ2) is 9.93. The lowest BCUT2D eigenvalue weighted by Gasteiger charge is -2.44. The van der Waals surface area contributed by atoms with Gasteiger partial charge in [-0.05, 0) is 62.0 Å². The van der Waals surface area contributed by atoms with Crippen LogP contribution in [-0.2, 0) is 27.1 Å². The van der Waals surface area contributed by atoms with Crippen molar-refractivity contribution in [3.63, 3.8) is 0 Å². The zero-order valence-corrected chi connectivity index (χ0v) is 23.6. The number of hydrogen-bond acceptors (Lipinski definition) is 5. The molecule has 0 aliphatic heterocycles. The molecule has 2 atom stereocenters. The van der Waals surface area contributed by atoms with E-state index in [1.165, 1.54) is 4.90 Å². The van der Waals surface area contributed by atoms with Crippen molar-refractivity contribution in [2.24, 2.45) is 5.92 Å². The minimum Gasteiger partial charge on any atom is -0.444 e. The van der Waals surface area contributed by atoms with Crippen LogP contribution < -0.4 is 0 Å². The monoisotopic (exact) mass is 527 g/mol. The molecule has 10 heteroatoms. The van der Waals surface area contributed by atoms with Crippen LogP contribution in [0, 0.1) is 17.6 Å².